The monoisotopic (exact) mass is 578 g/mol. The van der Waals surface area contributed by atoms with E-state index in [1.807, 2.05) is 58.0 Å². The average Bonchev–Trinajstić information content (AvgIpc) is 3.49. The number of carbonyl (C=O) groups excluding carboxylic acids is 2. The Hall–Kier alpha value is -3.04. The number of hydrogen-bond acceptors (Lipinski definition) is 7. The first-order valence-corrected chi connectivity index (χ1v) is 15.2. The molecule has 2 aromatic rings. The van der Waals surface area contributed by atoms with Gasteiger partial charge in [0.1, 0.15) is 17.7 Å². The van der Waals surface area contributed by atoms with Gasteiger partial charge >= 0.3 is 19.2 Å². The van der Waals surface area contributed by atoms with E-state index in [-0.39, 0.29) is 6.10 Å². The number of nitrogens with zero attached hydrogens (tertiary/aromatic N) is 1. The Balaban J connectivity index is 1.51. The molecule has 2 aromatic carbocycles. The third-order valence-corrected chi connectivity index (χ3v) is 8.25. The van der Waals surface area contributed by atoms with Gasteiger partial charge < -0.3 is 29.0 Å². The second-order valence-electron chi connectivity index (χ2n) is 13.4. The standard InChI is InChI=1S/C33H47BN2O6/c1-31(2,3)40-30(38)35-28(29(37)39-27-15-11-12-16-27)21-22-36(23-24-13-9-8-10-14-24)26-19-17-25(18-20-26)34-41-32(4,5)33(6,7)42-34/h8-10,13-14,17-20,27-28H,11-12,15-16,21-23H2,1-7H3,(H,35,38)/t28-/m0/s1. The molecule has 1 heterocycles. The minimum Gasteiger partial charge on any atom is -0.461 e. The van der Waals surface area contributed by atoms with E-state index >= 15 is 0 Å². The van der Waals surface area contributed by atoms with Crippen molar-refractivity contribution in [2.24, 2.45) is 0 Å². The van der Waals surface area contributed by atoms with E-state index in [0.29, 0.717) is 19.5 Å². The summed E-state index contributed by atoms with van der Waals surface area (Å²) in [6.07, 6.45) is 3.46. The minimum atomic E-state index is -0.831. The number of alkyl carbamates (subject to hydrolysis) is 1. The van der Waals surface area contributed by atoms with Crippen LogP contribution in [0.4, 0.5) is 10.5 Å². The molecule has 1 amide bonds. The molecule has 1 aliphatic heterocycles. The molecule has 0 radical (unpaired) electrons. The molecule has 0 unspecified atom stereocenters. The number of ether oxygens (including phenoxy) is 2. The maximum atomic E-state index is 13.3. The molecule has 0 bridgehead atoms. The van der Waals surface area contributed by atoms with Crippen LogP contribution < -0.4 is 15.7 Å². The van der Waals surface area contributed by atoms with Crippen molar-refractivity contribution in [1.82, 2.24) is 5.32 Å². The van der Waals surface area contributed by atoms with Gasteiger partial charge in [-0.25, -0.2) is 9.59 Å². The number of benzene rings is 2. The Morgan fingerprint density at radius 1 is 0.976 bits per heavy atom. The smallest absolute Gasteiger partial charge is 0.461 e. The van der Waals surface area contributed by atoms with Crippen molar-refractivity contribution in [2.75, 3.05) is 11.4 Å². The molecule has 0 aromatic heterocycles. The molecule has 1 saturated heterocycles. The van der Waals surface area contributed by atoms with E-state index in [0.717, 1.165) is 42.4 Å². The van der Waals surface area contributed by atoms with Gasteiger partial charge in [0.15, 0.2) is 0 Å². The Kier molecular flexibility index (Phi) is 9.94. The Morgan fingerprint density at radius 3 is 2.14 bits per heavy atom. The molecule has 228 valence electrons. The summed E-state index contributed by atoms with van der Waals surface area (Å²) in [6, 6.07) is 17.5. The van der Waals surface area contributed by atoms with Gasteiger partial charge in [0.2, 0.25) is 0 Å². The summed E-state index contributed by atoms with van der Waals surface area (Å²) in [5.41, 5.74) is 1.55. The van der Waals surface area contributed by atoms with E-state index in [9.17, 15) is 9.59 Å². The van der Waals surface area contributed by atoms with E-state index in [2.05, 4.69) is 34.5 Å². The van der Waals surface area contributed by atoms with Crippen LogP contribution in [0.3, 0.4) is 0 Å². The van der Waals surface area contributed by atoms with Crippen LogP contribution in [0.5, 0.6) is 0 Å². The van der Waals surface area contributed by atoms with Gasteiger partial charge in [0.05, 0.1) is 11.2 Å². The quantitative estimate of drug-likeness (QED) is 0.283. The minimum absolute atomic E-state index is 0.0941. The number of amides is 1. The van der Waals surface area contributed by atoms with E-state index < -0.39 is 42.0 Å². The van der Waals surface area contributed by atoms with Crippen LogP contribution in [0, 0.1) is 0 Å². The number of anilines is 1. The van der Waals surface area contributed by atoms with Gasteiger partial charge in [-0.15, -0.1) is 0 Å². The summed E-state index contributed by atoms with van der Waals surface area (Å²) in [6.45, 7) is 14.7. The highest BCUT2D eigenvalue weighted by atomic mass is 16.7. The molecule has 4 rings (SSSR count). The van der Waals surface area contributed by atoms with Crippen LogP contribution in [0.25, 0.3) is 0 Å². The fraction of sp³-hybridized carbons (Fsp3) is 0.576. The highest BCUT2D eigenvalue weighted by molar-refractivity contribution is 6.62. The van der Waals surface area contributed by atoms with E-state index in [1.165, 1.54) is 0 Å². The molecule has 1 N–H and O–H groups in total. The van der Waals surface area contributed by atoms with Crippen LogP contribution in [0.15, 0.2) is 54.6 Å². The Bertz CT molecular complexity index is 1170. The third-order valence-electron chi connectivity index (χ3n) is 8.25. The fourth-order valence-electron chi connectivity index (χ4n) is 5.16. The summed E-state index contributed by atoms with van der Waals surface area (Å²) in [4.78, 5) is 28.2. The lowest BCUT2D eigenvalue weighted by atomic mass is 9.79. The van der Waals surface area contributed by atoms with Crippen LogP contribution >= 0.6 is 0 Å². The normalized spacial score (nSPS) is 18.9. The molecule has 1 saturated carbocycles. The van der Waals surface area contributed by atoms with Crippen molar-refractivity contribution in [3.05, 3.63) is 60.2 Å². The maximum Gasteiger partial charge on any atom is 0.494 e. The second-order valence-corrected chi connectivity index (χ2v) is 13.4. The van der Waals surface area contributed by atoms with Gasteiger partial charge in [-0.05, 0) is 104 Å². The zero-order valence-electron chi connectivity index (χ0n) is 26.3. The lowest BCUT2D eigenvalue weighted by molar-refractivity contribution is -0.151. The Morgan fingerprint density at radius 2 is 1.57 bits per heavy atom. The largest absolute Gasteiger partial charge is 0.494 e. The van der Waals surface area contributed by atoms with Crippen LogP contribution in [-0.4, -0.2) is 54.7 Å². The molecule has 1 aliphatic carbocycles. The first-order chi connectivity index (χ1) is 19.7. The summed E-state index contributed by atoms with van der Waals surface area (Å²) < 4.78 is 23.8. The molecule has 2 aliphatic rings. The van der Waals surface area contributed by atoms with Crippen molar-refractivity contribution in [1.29, 1.82) is 0 Å². The Labute approximate surface area is 251 Å². The van der Waals surface area contributed by atoms with Gasteiger partial charge in [0.25, 0.3) is 0 Å². The predicted octanol–water partition coefficient (Wildman–Crippen LogP) is 5.76. The number of hydrogen-bond donors (Lipinski definition) is 1. The van der Waals surface area contributed by atoms with Crippen molar-refractivity contribution in [3.8, 4) is 0 Å². The van der Waals surface area contributed by atoms with Gasteiger partial charge in [0, 0.05) is 18.8 Å². The van der Waals surface area contributed by atoms with Crippen LogP contribution in [-0.2, 0) is 30.1 Å². The molecule has 1 atom stereocenters. The molecule has 9 heteroatoms. The van der Waals surface area contributed by atoms with E-state index in [1.54, 1.807) is 20.8 Å². The number of esters is 1. The number of rotatable bonds is 10. The summed E-state index contributed by atoms with van der Waals surface area (Å²) in [5, 5.41) is 2.78. The SMILES string of the molecule is CC(C)(C)OC(=O)N[C@@H](CCN(Cc1ccccc1)c1ccc(B2OC(C)(C)C(C)(C)O2)cc1)C(=O)OC1CCCC1. The third kappa shape index (κ3) is 8.51. The van der Waals surface area contributed by atoms with Gasteiger partial charge in [-0.3, -0.25) is 0 Å². The number of carbonyl (C=O) groups is 2. The highest BCUT2D eigenvalue weighted by Crippen LogP contribution is 2.36. The summed E-state index contributed by atoms with van der Waals surface area (Å²) in [5.74, 6) is -0.413. The molecular formula is C33H47BN2O6. The van der Waals surface area contributed by atoms with Crippen molar-refractivity contribution >= 4 is 30.3 Å². The fourth-order valence-corrected chi connectivity index (χ4v) is 5.16. The molecule has 0 spiro atoms. The van der Waals surface area contributed by atoms with Gasteiger partial charge in [-0.1, -0.05) is 42.5 Å². The van der Waals surface area contributed by atoms with Crippen LogP contribution in [0.2, 0.25) is 0 Å². The molecule has 8 nitrogen and oxygen atoms in total. The summed E-state index contributed by atoms with van der Waals surface area (Å²) >= 11 is 0. The zero-order valence-corrected chi connectivity index (χ0v) is 26.3. The van der Waals surface area contributed by atoms with Crippen molar-refractivity contribution in [2.45, 2.75) is 116 Å². The van der Waals surface area contributed by atoms with Crippen molar-refractivity contribution in [3.63, 3.8) is 0 Å². The van der Waals surface area contributed by atoms with Crippen LogP contribution in [0.1, 0.15) is 86.1 Å². The maximum absolute atomic E-state index is 13.3. The van der Waals surface area contributed by atoms with E-state index in [4.69, 9.17) is 18.8 Å². The van der Waals surface area contributed by atoms with Gasteiger partial charge in [-0.2, -0.15) is 0 Å². The predicted molar refractivity (Wildman–Crippen MR) is 166 cm³/mol. The average molecular weight is 579 g/mol. The lowest BCUT2D eigenvalue weighted by Gasteiger charge is -2.32. The highest BCUT2D eigenvalue weighted by Gasteiger charge is 2.51. The molecule has 2 fully saturated rings. The number of nitrogens with one attached hydrogen (secondary N) is 1. The first-order valence-electron chi connectivity index (χ1n) is 15.2. The first kappa shape index (κ1) is 31.9. The zero-order chi connectivity index (χ0) is 30.5. The summed E-state index contributed by atoms with van der Waals surface area (Å²) in [7, 11) is -0.445. The topological polar surface area (TPSA) is 86.3 Å². The molecular weight excluding hydrogens is 531 g/mol. The second kappa shape index (κ2) is 13.1. The van der Waals surface area contributed by atoms with Crippen molar-refractivity contribution < 1.29 is 28.4 Å². The molecule has 42 heavy (non-hydrogen) atoms. The lowest BCUT2D eigenvalue weighted by Crippen LogP contribution is -2.46.